The summed E-state index contributed by atoms with van der Waals surface area (Å²) < 4.78 is 39.1. The second kappa shape index (κ2) is 11.2. The van der Waals surface area contributed by atoms with Crippen molar-refractivity contribution in [2.24, 2.45) is 5.92 Å². The van der Waals surface area contributed by atoms with Gasteiger partial charge in [-0.25, -0.2) is 0 Å². The summed E-state index contributed by atoms with van der Waals surface area (Å²) in [6, 6.07) is 14.0. The summed E-state index contributed by atoms with van der Waals surface area (Å²) in [5, 5.41) is 14.6. The van der Waals surface area contributed by atoms with Crippen molar-refractivity contribution in [1.82, 2.24) is 15.1 Å². The Kier molecular flexibility index (Phi) is 8.10. The molecule has 0 aliphatic carbocycles. The van der Waals surface area contributed by atoms with Crippen molar-refractivity contribution < 1.29 is 32.3 Å². The second-order valence-electron chi connectivity index (χ2n) is 10.7. The van der Waals surface area contributed by atoms with Crippen LogP contribution in [0.5, 0.6) is 0 Å². The Morgan fingerprint density at radius 1 is 1.15 bits per heavy atom. The van der Waals surface area contributed by atoms with Gasteiger partial charge in [0.2, 0.25) is 17.7 Å². The number of alkyl halides is 3. The fourth-order valence-electron chi connectivity index (χ4n) is 5.51. The number of fused-ring (bicyclic) bond motifs is 2. The van der Waals surface area contributed by atoms with Gasteiger partial charge in [-0.05, 0) is 23.1 Å². The van der Waals surface area contributed by atoms with E-state index in [2.05, 4.69) is 11.4 Å². The highest BCUT2D eigenvalue weighted by atomic mass is 19.4. The van der Waals surface area contributed by atoms with Crippen LogP contribution in [0, 0.1) is 17.2 Å². The topological polar surface area (TPSA) is 123 Å². The van der Waals surface area contributed by atoms with E-state index in [0.29, 0.717) is 16.8 Å². The fraction of sp³-hybridized carbons (Fsp3) is 0.414. The molecule has 216 valence electrons. The molecule has 1 fully saturated rings. The van der Waals surface area contributed by atoms with E-state index < -0.39 is 53.4 Å². The molecule has 2 aliphatic heterocycles. The van der Waals surface area contributed by atoms with Crippen LogP contribution in [0.1, 0.15) is 31.4 Å². The molecule has 9 nitrogen and oxygen atoms in total. The highest BCUT2D eigenvalue weighted by Crippen LogP contribution is 2.46. The summed E-state index contributed by atoms with van der Waals surface area (Å²) in [7, 11) is 1.29. The molecule has 1 saturated heterocycles. The summed E-state index contributed by atoms with van der Waals surface area (Å²) >= 11 is 0. The highest BCUT2D eigenvalue weighted by Gasteiger charge is 2.57. The number of carbonyl (C=O) groups excluding carboxylic acids is 4. The Hall–Kier alpha value is -4.40. The van der Waals surface area contributed by atoms with Crippen LogP contribution < -0.4 is 10.6 Å². The first kappa shape index (κ1) is 29.6. The summed E-state index contributed by atoms with van der Waals surface area (Å²) in [4.78, 5) is 54.9. The van der Waals surface area contributed by atoms with Gasteiger partial charge in [-0.15, -0.1) is 0 Å². The number of hydrogen-bond donors (Lipinski definition) is 2. The number of anilines is 1. The van der Waals surface area contributed by atoms with Gasteiger partial charge >= 0.3 is 12.1 Å². The Morgan fingerprint density at radius 3 is 2.39 bits per heavy atom. The molecule has 12 heteroatoms. The normalized spacial score (nSPS) is 21.2. The zero-order valence-electron chi connectivity index (χ0n) is 22.7. The third kappa shape index (κ3) is 5.62. The number of amides is 4. The molecule has 2 aromatic carbocycles. The van der Waals surface area contributed by atoms with E-state index in [0.717, 1.165) is 4.90 Å². The number of hydrogen-bond acceptors (Lipinski definition) is 5. The van der Waals surface area contributed by atoms with Gasteiger partial charge in [-0.1, -0.05) is 62.4 Å². The number of likely N-dealkylation sites (tertiary alicyclic amines) is 1. The van der Waals surface area contributed by atoms with E-state index in [1.54, 1.807) is 59.9 Å². The first-order chi connectivity index (χ1) is 19.3. The minimum atomic E-state index is -5.20. The van der Waals surface area contributed by atoms with E-state index in [4.69, 9.17) is 0 Å². The van der Waals surface area contributed by atoms with E-state index in [1.807, 2.05) is 0 Å². The van der Waals surface area contributed by atoms with Crippen molar-refractivity contribution >= 4 is 29.3 Å². The van der Waals surface area contributed by atoms with Crippen molar-refractivity contribution in [1.29, 1.82) is 5.26 Å². The molecule has 0 saturated carbocycles. The summed E-state index contributed by atoms with van der Waals surface area (Å²) in [6.45, 7) is 2.85. The molecule has 1 spiro atoms. The van der Waals surface area contributed by atoms with Crippen molar-refractivity contribution in [2.45, 2.75) is 56.4 Å². The minimum Gasteiger partial charge on any atom is -0.336 e. The SMILES string of the molecule is CC(C)C(NC(=O)C(F)(F)F)C(=O)N(C)[C@@H](Cc1ccccc1)C(=O)N1C[C@]2(C[C@H]1C#N)C(=O)Nc1ccccc12. The lowest BCUT2D eigenvalue weighted by Gasteiger charge is -2.35. The lowest BCUT2D eigenvalue weighted by atomic mass is 9.80. The van der Waals surface area contributed by atoms with Crippen LogP contribution in [-0.2, 0) is 31.0 Å². The van der Waals surface area contributed by atoms with E-state index in [9.17, 15) is 37.6 Å². The average molecular weight is 570 g/mol. The molecular weight excluding hydrogens is 539 g/mol. The maximum Gasteiger partial charge on any atom is 0.471 e. The van der Waals surface area contributed by atoms with E-state index in [1.165, 1.54) is 25.8 Å². The summed E-state index contributed by atoms with van der Waals surface area (Å²) in [5.74, 6) is -4.86. The monoisotopic (exact) mass is 569 g/mol. The second-order valence-corrected chi connectivity index (χ2v) is 10.7. The molecule has 4 rings (SSSR count). The maximum absolute atomic E-state index is 14.2. The van der Waals surface area contributed by atoms with Gasteiger partial charge in [0.15, 0.2) is 0 Å². The van der Waals surface area contributed by atoms with Gasteiger partial charge in [-0.2, -0.15) is 18.4 Å². The van der Waals surface area contributed by atoms with Gasteiger partial charge < -0.3 is 20.4 Å². The third-order valence-corrected chi connectivity index (χ3v) is 7.76. The summed E-state index contributed by atoms with van der Waals surface area (Å²) in [5.41, 5.74) is 0.765. The van der Waals surface area contributed by atoms with Gasteiger partial charge in [0.05, 0.1) is 11.5 Å². The quantitative estimate of drug-likeness (QED) is 0.531. The van der Waals surface area contributed by atoms with Crippen LogP contribution in [-0.4, -0.2) is 71.3 Å². The molecule has 0 bridgehead atoms. The Bertz CT molecular complexity index is 1390. The molecule has 0 aromatic heterocycles. The van der Waals surface area contributed by atoms with Gasteiger partial charge in [-0.3, -0.25) is 19.2 Å². The zero-order valence-corrected chi connectivity index (χ0v) is 22.7. The average Bonchev–Trinajstić information content (AvgIpc) is 3.46. The lowest BCUT2D eigenvalue weighted by molar-refractivity contribution is -0.175. The first-order valence-electron chi connectivity index (χ1n) is 13.1. The smallest absolute Gasteiger partial charge is 0.336 e. The Labute approximate surface area is 235 Å². The minimum absolute atomic E-state index is 0.00955. The number of halogens is 3. The van der Waals surface area contributed by atoms with Gasteiger partial charge in [0.25, 0.3) is 0 Å². The number of rotatable bonds is 7. The standard InChI is InChI=1S/C29H30F3N5O4/c1-17(2)23(35-27(41)29(30,31)32)25(39)36(3)22(13-18-9-5-4-6-10-18)24(38)37-16-28(14-19(37)15-33)20-11-7-8-12-21(20)34-26(28)40/h4-12,17,19,22-23H,13-14,16H2,1-3H3,(H,34,40)(H,35,41)/t19-,22-,23?,28-/m0/s1. The number of carbonyl (C=O) groups is 4. The molecule has 1 unspecified atom stereocenters. The zero-order chi connectivity index (χ0) is 30.1. The number of benzene rings is 2. The molecule has 2 N–H and O–H groups in total. The molecular formula is C29H30F3N5O4. The van der Waals surface area contributed by atoms with Crippen LogP contribution in [0.25, 0.3) is 0 Å². The molecule has 0 radical (unpaired) electrons. The number of nitrogens with one attached hydrogen (secondary N) is 2. The van der Waals surface area contributed by atoms with E-state index in [-0.39, 0.29) is 25.3 Å². The molecule has 4 amide bonds. The number of nitriles is 1. The predicted octanol–water partition coefficient (Wildman–Crippen LogP) is 2.77. The van der Waals surface area contributed by atoms with Crippen molar-refractivity contribution in [3.63, 3.8) is 0 Å². The number of likely N-dealkylation sites (N-methyl/N-ethyl adjacent to an activating group) is 1. The number of nitrogens with zero attached hydrogens (tertiary/aromatic N) is 3. The first-order valence-corrected chi connectivity index (χ1v) is 13.1. The van der Waals surface area contributed by atoms with E-state index >= 15 is 0 Å². The predicted molar refractivity (Wildman–Crippen MR) is 142 cm³/mol. The van der Waals surface area contributed by atoms with Crippen LogP contribution in [0.3, 0.4) is 0 Å². The van der Waals surface area contributed by atoms with Gasteiger partial charge in [0.1, 0.15) is 18.1 Å². The largest absolute Gasteiger partial charge is 0.471 e. The van der Waals surface area contributed by atoms with Crippen LogP contribution >= 0.6 is 0 Å². The van der Waals surface area contributed by atoms with Crippen LogP contribution in [0.4, 0.5) is 18.9 Å². The third-order valence-electron chi connectivity index (χ3n) is 7.76. The molecule has 2 heterocycles. The van der Waals surface area contributed by atoms with Crippen molar-refractivity contribution in [3.8, 4) is 6.07 Å². The van der Waals surface area contributed by atoms with Crippen molar-refractivity contribution in [3.05, 3.63) is 65.7 Å². The molecule has 2 aliphatic rings. The fourth-order valence-corrected chi connectivity index (χ4v) is 5.51. The highest BCUT2D eigenvalue weighted by molar-refractivity contribution is 6.07. The maximum atomic E-state index is 14.2. The molecule has 2 aromatic rings. The summed E-state index contributed by atoms with van der Waals surface area (Å²) in [6.07, 6.45) is -5.16. The molecule has 41 heavy (non-hydrogen) atoms. The van der Waals surface area contributed by atoms with Crippen LogP contribution in [0.2, 0.25) is 0 Å². The van der Waals surface area contributed by atoms with Crippen molar-refractivity contribution in [2.75, 3.05) is 18.9 Å². The Balaban J connectivity index is 1.68. The molecule has 4 atom stereocenters. The number of para-hydroxylation sites is 1. The Morgan fingerprint density at radius 2 is 1.78 bits per heavy atom. The van der Waals surface area contributed by atoms with Gasteiger partial charge in [0, 0.05) is 32.1 Å². The lowest BCUT2D eigenvalue weighted by Crippen LogP contribution is -2.58. The van der Waals surface area contributed by atoms with Crippen LogP contribution in [0.15, 0.2) is 54.6 Å².